The fourth-order valence-electron chi connectivity index (χ4n) is 3.54. The van der Waals surface area contributed by atoms with Crippen LogP contribution in [0.15, 0.2) is 36.4 Å². The smallest absolute Gasteiger partial charge is 0.229 e. The van der Waals surface area contributed by atoms with Crippen molar-refractivity contribution in [3.63, 3.8) is 0 Å². The van der Waals surface area contributed by atoms with Crippen LogP contribution in [0.4, 0.5) is 0 Å². The average Bonchev–Trinajstić information content (AvgIpc) is 2.69. The van der Waals surface area contributed by atoms with Crippen LogP contribution in [0, 0.1) is 0 Å². The van der Waals surface area contributed by atoms with Gasteiger partial charge in [0.05, 0.1) is 6.61 Å². The first-order chi connectivity index (χ1) is 13.8. The minimum atomic E-state index is -1.58. The SMILES string of the molecule is OC[C@H]1O[C@@H](Oc2cc(O)c3c(ccc4cc(O)c(O)cc43)c2)[C@H](O)[C@@H](O)[C@@H]1O. The van der Waals surface area contributed by atoms with E-state index in [2.05, 4.69) is 0 Å². The minimum absolute atomic E-state index is 0.113. The van der Waals surface area contributed by atoms with E-state index >= 15 is 0 Å². The van der Waals surface area contributed by atoms with Crippen LogP contribution < -0.4 is 4.74 Å². The molecule has 0 bridgehead atoms. The zero-order valence-electron chi connectivity index (χ0n) is 15.0. The lowest BCUT2D eigenvalue weighted by molar-refractivity contribution is -0.277. The summed E-state index contributed by atoms with van der Waals surface area (Å²) in [5.74, 6) is -0.676. The monoisotopic (exact) mass is 404 g/mol. The Bertz CT molecular complexity index is 1060. The molecule has 5 atom stereocenters. The molecule has 1 aliphatic heterocycles. The van der Waals surface area contributed by atoms with E-state index in [1.165, 1.54) is 18.2 Å². The highest BCUT2D eigenvalue weighted by Gasteiger charge is 2.44. The molecule has 3 aromatic rings. The molecule has 4 rings (SSSR count). The van der Waals surface area contributed by atoms with Gasteiger partial charge < -0.3 is 45.2 Å². The molecule has 0 amide bonds. The van der Waals surface area contributed by atoms with Crippen molar-refractivity contribution < 1.29 is 45.2 Å². The fourth-order valence-corrected chi connectivity index (χ4v) is 3.54. The highest BCUT2D eigenvalue weighted by atomic mass is 16.7. The summed E-state index contributed by atoms with van der Waals surface area (Å²) >= 11 is 0. The number of fused-ring (bicyclic) bond motifs is 3. The van der Waals surface area contributed by atoms with E-state index in [0.29, 0.717) is 21.5 Å². The van der Waals surface area contributed by atoms with Gasteiger partial charge in [0, 0.05) is 11.5 Å². The topological polar surface area (TPSA) is 160 Å². The Balaban J connectivity index is 1.72. The Morgan fingerprint density at radius 2 is 1.48 bits per heavy atom. The molecule has 1 saturated heterocycles. The predicted octanol–water partition coefficient (Wildman–Crippen LogP) is 0.288. The number of hydrogen-bond acceptors (Lipinski definition) is 9. The fraction of sp³-hybridized carbons (Fsp3) is 0.300. The Labute approximate surface area is 164 Å². The van der Waals surface area contributed by atoms with Gasteiger partial charge in [-0.05, 0) is 34.4 Å². The van der Waals surface area contributed by atoms with Gasteiger partial charge in [-0.2, -0.15) is 0 Å². The van der Waals surface area contributed by atoms with Crippen molar-refractivity contribution in [2.75, 3.05) is 6.61 Å². The Morgan fingerprint density at radius 1 is 0.793 bits per heavy atom. The van der Waals surface area contributed by atoms with Crippen molar-refractivity contribution >= 4 is 21.5 Å². The van der Waals surface area contributed by atoms with Gasteiger partial charge in [-0.25, -0.2) is 0 Å². The molecule has 1 heterocycles. The Morgan fingerprint density at radius 3 is 2.21 bits per heavy atom. The van der Waals surface area contributed by atoms with Crippen LogP contribution in [0.5, 0.6) is 23.0 Å². The average molecular weight is 404 g/mol. The number of benzene rings is 3. The van der Waals surface area contributed by atoms with E-state index < -0.39 is 37.3 Å². The first-order valence-corrected chi connectivity index (χ1v) is 8.88. The molecule has 7 N–H and O–H groups in total. The third-order valence-electron chi connectivity index (χ3n) is 5.08. The van der Waals surface area contributed by atoms with Crippen LogP contribution in [0.2, 0.25) is 0 Å². The molecule has 9 nitrogen and oxygen atoms in total. The molecule has 3 aromatic carbocycles. The van der Waals surface area contributed by atoms with Crippen LogP contribution in [-0.4, -0.2) is 73.1 Å². The molecule has 0 aliphatic carbocycles. The Hall–Kier alpha value is -2.82. The second-order valence-corrected chi connectivity index (χ2v) is 6.98. The molecular weight excluding hydrogens is 384 g/mol. The van der Waals surface area contributed by atoms with Crippen LogP contribution >= 0.6 is 0 Å². The minimum Gasteiger partial charge on any atom is -0.507 e. The van der Waals surface area contributed by atoms with Crippen molar-refractivity contribution in [2.24, 2.45) is 0 Å². The van der Waals surface area contributed by atoms with Gasteiger partial charge in [0.2, 0.25) is 6.29 Å². The predicted molar refractivity (Wildman–Crippen MR) is 101 cm³/mol. The van der Waals surface area contributed by atoms with Crippen molar-refractivity contribution in [1.29, 1.82) is 0 Å². The summed E-state index contributed by atoms with van der Waals surface area (Å²) in [6.45, 7) is -0.587. The first-order valence-electron chi connectivity index (χ1n) is 8.88. The molecule has 9 heteroatoms. The van der Waals surface area contributed by atoms with Crippen molar-refractivity contribution in [1.82, 2.24) is 0 Å². The summed E-state index contributed by atoms with van der Waals surface area (Å²) in [4.78, 5) is 0. The molecule has 0 unspecified atom stereocenters. The summed E-state index contributed by atoms with van der Waals surface area (Å²) in [5, 5.41) is 71.2. The molecule has 0 spiro atoms. The van der Waals surface area contributed by atoms with E-state index in [1.807, 2.05) is 0 Å². The van der Waals surface area contributed by atoms with E-state index in [0.717, 1.165) is 0 Å². The number of hydrogen-bond donors (Lipinski definition) is 7. The normalized spacial score (nSPS) is 27.4. The molecule has 1 fully saturated rings. The third-order valence-corrected chi connectivity index (χ3v) is 5.08. The van der Waals surface area contributed by atoms with Crippen LogP contribution in [0.1, 0.15) is 0 Å². The summed E-state index contributed by atoms with van der Waals surface area (Å²) < 4.78 is 10.9. The second-order valence-electron chi connectivity index (χ2n) is 6.98. The van der Waals surface area contributed by atoms with Gasteiger partial charge >= 0.3 is 0 Å². The van der Waals surface area contributed by atoms with Gasteiger partial charge in [-0.15, -0.1) is 0 Å². The molecule has 0 aromatic heterocycles. The van der Waals surface area contributed by atoms with Crippen LogP contribution in [-0.2, 0) is 4.74 Å². The number of ether oxygens (including phenoxy) is 2. The van der Waals surface area contributed by atoms with Gasteiger partial charge in [-0.3, -0.25) is 0 Å². The maximum Gasteiger partial charge on any atom is 0.229 e. The van der Waals surface area contributed by atoms with Gasteiger partial charge in [0.15, 0.2) is 11.5 Å². The summed E-state index contributed by atoms with van der Waals surface area (Å²) in [6, 6.07) is 8.90. The molecule has 0 radical (unpaired) electrons. The van der Waals surface area contributed by atoms with Gasteiger partial charge in [0.1, 0.15) is 35.9 Å². The molecular formula is C20H20O9. The number of aromatic hydroxyl groups is 3. The number of aliphatic hydroxyl groups excluding tert-OH is 4. The lowest BCUT2D eigenvalue weighted by Gasteiger charge is -2.39. The second kappa shape index (κ2) is 7.21. The van der Waals surface area contributed by atoms with E-state index in [9.17, 15) is 35.7 Å². The summed E-state index contributed by atoms with van der Waals surface area (Å²) in [7, 11) is 0. The Kier molecular flexibility index (Phi) is 4.85. The van der Waals surface area contributed by atoms with Crippen molar-refractivity contribution in [2.45, 2.75) is 30.7 Å². The van der Waals surface area contributed by atoms with E-state index in [1.54, 1.807) is 18.2 Å². The first kappa shape index (κ1) is 19.5. The van der Waals surface area contributed by atoms with E-state index in [4.69, 9.17) is 9.47 Å². The highest BCUT2D eigenvalue weighted by Crippen LogP contribution is 2.40. The maximum absolute atomic E-state index is 10.5. The van der Waals surface area contributed by atoms with Crippen LogP contribution in [0.3, 0.4) is 0 Å². The lowest BCUT2D eigenvalue weighted by Crippen LogP contribution is -2.60. The maximum atomic E-state index is 10.5. The number of phenolic OH excluding ortho intramolecular Hbond substituents is 3. The zero-order valence-corrected chi connectivity index (χ0v) is 15.0. The molecule has 1 aliphatic rings. The zero-order chi connectivity index (χ0) is 20.9. The largest absolute Gasteiger partial charge is 0.507 e. The van der Waals surface area contributed by atoms with E-state index in [-0.39, 0.29) is 23.0 Å². The summed E-state index contributed by atoms with van der Waals surface area (Å²) in [5.41, 5.74) is 0. The number of rotatable bonds is 3. The molecule has 154 valence electrons. The quantitative estimate of drug-likeness (QED) is 0.240. The highest BCUT2D eigenvalue weighted by molar-refractivity contribution is 6.11. The van der Waals surface area contributed by atoms with Gasteiger partial charge in [0.25, 0.3) is 0 Å². The third kappa shape index (κ3) is 3.28. The van der Waals surface area contributed by atoms with Gasteiger partial charge in [-0.1, -0.05) is 12.1 Å². The standard InChI is InChI=1S/C20H20O9/c21-7-15-17(25)18(26)19(27)20(29-15)28-10-3-9-2-1-8-4-12(22)13(23)6-11(8)16(9)14(24)5-10/h1-6,15,17-27H,7H2/t15-,17-,18+,19-,20-/m1/s1. The molecule has 29 heavy (non-hydrogen) atoms. The van der Waals surface area contributed by atoms with Crippen molar-refractivity contribution in [3.05, 3.63) is 36.4 Å². The number of aliphatic hydroxyl groups is 4. The lowest BCUT2D eigenvalue weighted by atomic mass is 9.99. The molecule has 0 saturated carbocycles. The van der Waals surface area contributed by atoms with Crippen LogP contribution in [0.25, 0.3) is 21.5 Å². The number of phenols is 3. The summed E-state index contributed by atoms with van der Waals surface area (Å²) in [6.07, 6.45) is -7.17. The van der Waals surface area contributed by atoms with Crippen molar-refractivity contribution in [3.8, 4) is 23.0 Å².